The molecule has 0 bridgehead atoms. The topological polar surface area (TPSA) is 92.7 Å². The van der Waals surface area contributed by atoms with Crippen molar-refractivity contribution in [1.29, 1.82) is 0 Å². The third kappa shape index (κ3) is 2.28. The van der Waals surface area contributed by atoms with Gasteiger partial charge in [0.2, 0.25) is 5.82 Å². The molecule has 2 rings (SSSR count). The molecular formula is C11H16N4O3S. The van der Waals surface area contributed by atoms with Crippen molar-refractivity contribution in [1.82, 2.24) is 9.38 Å². The molecule has 0 unspecified atom stereocenters. The van der Waals surface area contributed by atoms with Crippen LogP contribution in [0.4, 0.5) is 11.6 Å². The Hall–Kier alpha value is -1.67. The van der Waals surface area contributed by atoms with Crippen LogP contribution in [0.1, 0.15) is 27.7 Å². The van der Waals surface area contributed by atoms with Crippen molar-refractivity contribution < 1.29 is 10.0 Å². The Bertz CT molecular complexity index is 623. The minimum absolute atomic E-state index is 0.117. The van der Waals surface area contributed by atoms with Gasteiger partial charge in [-0.2, -0.15) is 9.38 Å². The normalized spacial score (nSPS) is 12.9. The largest absolute Gasteiger partial charge is 0.388 e. The van der Waals surface area contributed by atoms with Crippen LogP contribution in [0.15, 0.2) is 11.6 Å². The summed E-state index contributed by atoms with van der Waals surface area (Å²) < 4.78 is 1.42. The van der Waals surface area contributed by atoms with Crippen molar-refractivity contribution in [2.45, 2.75) is 38.8 Å². The van der Waals surface area contributed by atoms with E-state index in [4.69, 9.17) is 0 Å². The Balaban J connectivity index is 2.49. The first-order valence-corrected chi connectivity index (χ1v) is 6.62. The lowest BCUT2D eigenvalue weighted by molar-refractivity contribution is -0.389. The van der Waals surface area contributed by atoms with E-state index in [1.807, 2.05) is 0 Å². The van der Waals surface area contributed by atoms with E-state index in [9.17, 15) is 15.2 Å². The number of rotatable bonds is 4. The fourth-order valence-corrected chi connectivity index (χ4v) is 2.19. The molecule has 104 valence electrons. The fourth-order valence-electron chi connectivity index (χ4n) is 1.48. The molecule has 8 heteroatoms. The number of imidazole rings is 1. The van der Waals surface area contributed by atoms with Crippen molar-refractivity contribution in [3.05, 3.63) is 21.7 Å². The van der Waals surface area contributed by atoms with Crippen LogP contribution in [0.3, 0.4) is 0 Å². The summed E-state index contributed by atoms with van der Waals surface area (Å²) in [5.41, 5.74) is -1.82. The number of thiazole rings is 1. The summed E-state index contributed by atoms with van der Waals surface area (Å²) in [6.07, 6.45) is 1.60. The molecule has 7 nitrogen and oxygen atoms in total. The van der Waals surface area contributed by atoms with Gasteiger partial charge in [0.05, 0.1) is 11.1 Å². The lowest BCUT2D eigenvalue weighted by atomic mass is 9.86. The molecular weight excluding hydrogens is 268 g/mol. The quantitative estimate of drug-likeness (QED) is 0.663. The van der Waals surface area contributed by atoms with Crippen molar-refractivity contribution >= 4 is 27.9 Å². The number of anilines is 1. The second kappa shape index (κ2) is 4.17. The molecule has 2 aromatic rings. The highest BCUT2D eigenvalue weighted by Gasteiger charge is 2.38. The summed E-state index contributed by atoms with van der Waals surface area (Å²) in [5.74, 6) is 0.0533. The number of hydrogen-bond donors (Lipinski definition) is 2. The number of aliphatic hydroxyl groups is 1. The number of hydrogen-bond acceptors (Lipinski definition) is 6. The summed E-state index contributed by atoms with van der Waals surface area (Å²) in [6.45, 7) is 6.82. The minimum Gasteiger partial charge on any atom is -0.388 e. The van der Waals surface area contributed by atoms with Gasteiger partial charge >= 0.3 is 5.82 Å². The van der Waals surface area contributed by atoms with Crippen LogP contribution in [-0.2, 0) is 0 Å². The van der Waals surface area contributed by atoms with Gasteiger partial charge in [-0.25, -0.2) is 0 Å². The monoisotopic (exact) mass is 284 g/mol. The van der Waals surface area contributed by atoms with E-state index in [1.165, 1.54) is 15.7 Å². The lowest BCUT2D eigenvalue weighted by Crippen LogP contribution is -2.51. The van der Waals surface area contributed by atoms with Gasteiger partial charge in [-0.3, -0.25) is 0 Å². The van der Waals surface area contributed by atoms with Gasteiger partial charge in [-0.1, -0.05) is 11.3 Å². The Morgan fingerprint density at radius 3 is 2.63 bits per heavy atom. The summed E-state index contributed by atoms with van der Waals surface area (Å²) in [5, 5.41) is 26.0. The zero-order valence-electron chi connectivity index (χ0n) is 11.2. The molecule has 19 heavy (non-hydrogen) atoms. The zero-order valence-corrected chi connectivity index (χ0v) is 12.0. The zero-order chi connectivity index (χ0) is 14.4. The van der Waals surface area contributed by atoms with E-state index < -0.39 is 16.1 Å². The predicted octanol–water partition coefficient (Wildman–Crippen LogP) is 2.27. The van der Waals surface area contributed by atoms with Crippen LogP contribution >= 0.6 is 11.3 Å². The molecule has 0 spiro atoms. The molecule has 0 aliphatic carbocycles. The van der Waals surface area contributed by atoms with E-state index in [0.717, 1.165) is 0 Å². The van der Waals surface area contributed by atoms with Crippen molar-refractivity contribution in [3.63, 3.8) is 0 Å². The van der Waals surface area contributed by atoms with E-state index in [0.29, 0.717) is 4.96 Å². The SMILES string of the molecule is CC(C)(O)C(C)(C)Nc1nc2sccn2c1[N+](=O)[O-]. The van der Waals surface area contributed by atoms with Gasteiger partial charge in [-0.15, -0.1) is 0 Å². The molecule has 2 heterocycles. The Morgan fingerprint density at radius 1 is 1.47 bits per heavy atom. The van der Waals surface area contributed by atoms with E-state index >= 15 is 0 Å². The number of aromatic nitrogens is 2. The second-order valence-corrected chi connectivity index (χ2v) is 6.28. The van der Waals surface area contributed by atoms with Crippen LogP contribution < -0.4 is 5.32 Å². The molecule has 0 aromatic carbocycles. The number of nitrogens with one attached hydrogen (secondary N) is 1. The van der Waals surface area contributed by atoms with E-state index in [1.54, 1.807) is 39.3 Å². The van der Waals surface area contributed by atoms with Gasteiger partial charge in [0.25, 0.3) is 4.96 Å². The summed E-state index contributed by atoms with van der Waals surface area (Å²) in [6, 6.07) is 0. The highest BCUT2D eigenvalue weighted by Crippen LogP contribution is 2.33. The number of fused-ring (bicyclic) bond motifs is 1. The van der Waals surface area contributed by atoms with Gasteiger partial charge < -0.3 is 20.5 Å². The first kappa shape index (κ1) is 13.8. The molecule has 0 radical (unpaired) electrons. The highest BCUT2D eigenvalue weighted by atomic mass is 32.1. The standard InChI is InChI=1S/C11H16N4O3S/c1-10(2,11(3,4)16)13-7-8(15(17)18)14-5-6-19-9(14)12-7/h5-6,13,16H,1-4H3. The van der Waals surface area contributed by atoms with Gasteiger partial charge in [0.1, 0.15) is 6.20 Å². The summed E-state index contributed by atoms with van der Waals surface area (Å²) in [7, 11) is 0. The average Bonchev–Trinajstić information content (AvgIpc) is 2.73. The van der Waals surface area contributed by atoms with Crippen molar-refractivity contribution in [2.75, 3.05) is 5.32 Å². The maximum absolute atomic E-state index is 11.2. The third-order valence-corrected chi connectivity index (χ3v) is 4.13. The van der Waals surface area contributed by atoms with Crippen LogP contribution in [0, 0.1) is 10.1 Å². The maximum atomic E-state index is 11.2. The van der Waals surface area contributed by atoms with E-state index in [2.05, 4.69) is 10.3 Å². The van der Waals surface area contributed by atoms with Crippen LogP contribution in [0.2, 0.25) is 0 Å². The molecule has 0 aliphatic heterocycles. The Labute approximate surface area is 114 Å². The molecule has 0 aliphatic rings. The first-order chi connectivity index (χ1) is 8.63. The second-order valence-electron chi connectivity index (χ2n) is 5.41. The molecule has 0 atom stereocenters. The van der Waals surface area contributed by atoms with Gasteiger partial charge in [0, 0.05) is 5.38 Å². The van der Waals surface area contributed by atoms with Crippen molar-refractivity contribution in [3.8, 4) is 0 Å². The summed E-state index contributed by atoms with van der Waals surface area (Å²) in [4.78, 5) is 15.5. The molecule has 0 fully saturated rings. The van der Waals surface area contributed by atoms with Gasteiger partial charge in [-0.05, 0) is 32.6 Å². The molecule has 0 saturated carbocycles. The molecule has 2 N–H and O–H groups in total. The van der Waals surface area contributed by atoms with Crippen molar-refractivity contribution in [2.24, 2.45) is 0 Å². The highest BCUT2D eigenvalue weighted by molar-refractivity contribution is 7.15. The van der Waals surface area contributed by atoms with Gasteiger partial charge in [0.15, 0.2) is 0 Å². The van der Waals surface area contributed by atoms with Crippen LogP contribution in [-0.4, -0.2) is 30.6 Å². The minimum atomic E-state index is -1.06. The van der Waals surface area contributed by atoms with Crippen LogP contribution in [0.25, 0.3) is 4.96 Å². The number of nitrogens with zero attached hydrogens (tertiary/aromatic N) is 3. The average molecular weight is 284 g/mol. The molecule has 0 saturated heterocycles. The molecule has 2 aromatic heterocycles. The third-order valence-electron chi connectivity index (χ3n) is 3.37. The number of nitro groups is 1. The van der Waals surface area contributed by atoms with E-state index in [-0.39, 0.29) is 11.6 Å². The summed E-state index contributed by atoms with van der Waals surface area (Å²) >= 11 is 1.32. The predicted molar refractivity (Wildman–Crippen MR) is 73.7 cm³/mol. The Kier molecular flexibility index (Phi) is 3.02. The molecule has 0 amide bonds. The smallest absolute Gasteiger partial charge is 0.372 e. The lowest BCUT2D eigenvalue weighted by Gasteiger charge is -2.37. The fraction of sp³-hybridized carbons (Fsp3) is 0.545. The first-order valence-electron chi connectivity index (χ1n) is 5.74. The maximum Gasteiger partial charge on any atom is 0.372 e. The Morgan fingerprint density at radius 2 is 2.11 bits per heavy atom. The van der Waals surface area contributed by atoms with Crippen LogP contribution in [0.5, 0.6) is 0 Å².